The molecule has 1 aromatic rings. The lowest BCUT2D eigenvalue weighted by Crippen LogP contribution is -2.35. The van der Waals surface area contributed by atoms with Crippen LogP contribution >= 0.6 is 0 Å². The smallest absolute Gasteiger partial charge is 0.335 e. The third kappa shape index (κ3) is 3.48. The first-order valence-electron chi connectivity index (χ1n) is 5.11. The van der Waals surface area contributed by atoms with E-state index in [4.69, 9.17) is 5.11 Å². The number of nitrogens with one attached hydrogen (secondary N) is 2. The van der Waals surface area contributed by atoms with Gasteiger partial charge in [0.1, 0.15) is 4.90 Å². The zero-order chi connectivity index (χ0) is 15.5. The van der Waals surface area contributed by atoms with Gasteiger partial charge >= 0.3 is 5.97 Å². The first-order chi connectivity index (χ1) is 9.19. The molecular weight excluding hydrogens is 298 g/mol. The summed E-state index contributed by atoms with van der Waals surface area (Å²) in [5.41, 5.74) is -0.732. The lowest BCUT2D eigenvalue weighted by atomic mass is 10.2. The second kappa shape index (κ2) is 5.92. The van der Waals surface area contributed by atoms with Crippen molar-refractivity contribution in [1.29, 1.82) is 0 Å². The molecule has 0 fully saturated rings. The first-order valence-corrected chi connectivity index (χ1v) is 6.60. The lowest BCUT2D eigenvalue weighted by molar-refractivity contribution is -0.119. The summed E-state index contributed by atoms with van der Waals surface area (Å²) in [5, 5.41) is 10.8. The van der Waals surface area contributed by atoms with Gasteiger partial charge in [-0.1, -0.05) is 0 Å². The van der Waals surface area contributed by atoms with Crippen LogP contribution < -0.4 is 10.0 Å². The van der Waals surface area contributed by atoms with E-state index in [0.29, 0.717) is 12.1 Å². The minimum atomic E-state index is -4.56. The molecule has 1 aromatic carbocycles. The zero-order valence-corrected chi connectivity index (χ0v) is 10.9. The minimum absolute atomic E-state index is 0.357. The Hall–Kier alpha value is -2.07. The van der Waals surface area contributed by atoms with Gasteiger partial charge in [-0.05, 0) is 12.1 Å². The number of carboxylic acid groups (broad SMARTS) is 1. The number of carbonyl (C=O) groups excluding carboxylic acids is 1. The monoisotopic (exact) mass is 308 g/mol. The molecule has 0 bridgehead atoms. The molecule has 1 rings (SSSR count). The third-order valence-corrected chi connectivity index (χ3v) is 3.63. The Morgan fingerprint density at radius 3 is 2.40 bits per heavy atom. The van der Waals surface area contributed by atoms with E-state index < -0.39 is 50.5 Å². The summed E-state index contributed by atoms with van der Waals surface area (Å²) in [6.07, 6.45) is 0. The summed E-state index contributed by atoms with van der Waals surface area (Å²) in [4.78, 5) is 20.4. The van der Waals surface area contributed by atoms with Crippen molar-refractivity contribution in [3.05, 3.63) is 29.3 Å². The highest BCUT2D eigenvalue weighted by molar-refractivity contribution is 7.89. The standard InChI is InChI=1S/C10H10F2N2O5S/c1-13-8(15)4-14-20(18,19)7-3-5(10(16)17)2-6(11)9(7)12/h2-3,14H,4H2,1H3,(H,13,15)(H,16,17). The zero-order valence-electron chi connectivity index (χ0n) is 10.1. The van der Waals surface area contributed by atoms with Gasteiger partial charge in [0.15, 0.2) is 11.6 Å². The number of sulfonamides is 1. The Morgan fingerprint density at radius 1 is 1.30 bits per heavy atom. The van der Waals surface area contributed by atoms with Gasteiger partial charge in [0.05, 0.1) is 12.1 Å². The molecule has 0 saturated carbocycles. The summed E-state index contributed by atoms with van der Waals surface area (Å²) in [6.45, 7) is -0.697. The molecule has 0 heterocycles. The average Bonchev–Trinajstić information content (AvgIpc) is 2.38. The minimum Gasteiger partial charge on any atom is -0.478 e. The predicted octanol–water partition coefficient (Wildman–Crippen LogP) is -0.313. The lowest BCUT2D eigenvalue weighted by Gasteiger charge is -2.08. The van der Waals surface area contributed by atoms with Crippen molar-refractivity contribution >= 4 is 21.9 Å². The molecule has 0 spiro atoms. The fourth-order valence-corrected chi connectivity index (χ4v) is 2.30. The van der Waals surface area contributed by atoms with E-state index in [9.17, 15) is 26.8 Å². The van der Waals surface area contributed by atoms with Crippen LogP contribution in [0, 0.1) is 11.6 Å². The Morgan fingerprint density at radius 2 is 1.90 bits per heavy atom. The topological polar surface area (TPSA) is 113 Å². The molecule has 0 saturated heterocycles. The Kier molecular flexibility index (Phi) is 4.73. The Labute approximate surface area is 112 Å². The number of carbonyl (C=O) groups is 2. The number of amides is 1. The summed E-state index contributed by atoms with van der Waals surface area (Å²) in [5.74, 6) is -5.67. The number of hydrogen-bond acceptors (Lipinski definition) is 4. The van der Waals surface area contributed by atoms with Gasteiger partial charge in [0, 0.05) is 7.05 Å². The number of rotatable bonds is 5. The normalized spacial score (nSPS) is 11.2. The summed E-state index contributed by atoms with van der Waals surface area (Å²) in [6, 6.07) is 0.822. The second-order valence-corrected chi connectivity index (χ2v) is 5.31. The maximum Gasteiger partial charge on any atom is 0.335 e. The van der Waals surface area contributed by atoms with Crippen molar-refractivity contribution in [3.63, 3.8) is 0 Å². The Bertz CT molecular complexity index is 660. The molecule has 0 aliphatic carbocycles. The van der Waals surface area contributed by atoms with Gasteiger partial charge in [0.25, 0.3) is 0 Å². The molecule has 0 aromatic heterocycles. The van der Waals surface area contributed by atoms with Crippen LogP contribution in [0.5, 0.6) is 0 Å². The van der Waals surface area contributed by atoms with Crippen molar-refractivity contribution in [1.82, 2.24) is 10.0 Å². The number of hydrogen-bond donors (Lipinski definition) is 3. The first kappa shape index (κ1) is 16.0. The average molecular weight is 308 g/mol. The second-order valence-electron chi connectivity index (χ2n) is 3.57. The molecule has 0 aliphatic rings. The quantitative estimate of drug-likeness (QED) is 0.690. The summed E-state index contributed by atoms with van der Waals surface area (Å²) >= 11 is 0. The summed E-state index contributed by atoms with van der Waals surface area (Å²) in [7, 11) is -3.31. The van der Waals surface area contributed by atoms with Gasteiger partial charge < -0.3 is 10.4 Å². The van der Waals surface area contributed by atoms with Gasteiger partial charge in [-0.2, -0.15) is 0 Å². The van der Waals surface area contributed by atoms with E-state index in [1.54, 1.807) is 4.72 Å². The number of likely N-dealkylation sites (N-methyl/N-ethyl adjacent to an activating group) is 1. The van der Waals surface area contributed by atoms with E-state index in [1.165, 1.54) is 7.05 Å². The van der Waals surface area contributed by atoms with Crippen LogP contribution in [-0.2, 0) is 14.8 Å². The molecule has 3 N–H and O–H groups in total. The van der Waals surface area contributed by atoms with E-state index >= 15 is 0 Å². The molecule has 7 nitrogen and oxygen atoms in total. The van der Waals surface area contributed by atoms with Crippen molar-refractivity contribution in [2.45, 2.75) is 4.90 Å². The molecular formula is C10H10F2N2O5S. The van der Waals surface area contributed by atoms with Crippen LogP contribution in [0.2, 0.25) is 0 Å². The van der Waals surface area contributed by atoms with Crippen LogP contribution in [0.3, 0.4) is 0 Å². The molecule has 110 valence electrons. The fraction of sp³-hybridized carbons (Fsp3) is 0.200. The Balaban J connectivity index is 3.23. The van der Waals surface area contributed by atoms with Gasteiger partial charge in [-0.3, -0.25) is 4.79 Å². The molecule has 20 heavy (non-hydrogen) atoms. The van der Waals surface area contributed by atoms with Crippen molar-refractivity contribution in [2.24, 2.45) is 0 Å². The predicted molar refractivity (Wildman–Crippen MR) is 62.6 cm³/mol. The SMILES string of the molecule is CNC(=O)CNS(=O)(=O)c1cc(C(=O)O)cc(F)c1F. The number of halogens is 2. The highest BCUT2D eigenvalue weighted by atomic mass is 32.2. The molecule has 0 unspecified atom stereocenters. The largest absolute Gasteiger partial charge is 0.478 e. The van der Waals surface area contributed by atoms with Gasteiger partial charge in [0.2, 0.25) is 15.9 Å². The molecule has 0 atom stereocenters. The van der Waals surface area contributed by atoms with Crippen LogP contribution in [0.1, 0.15) is 10.4 Å². The van der Waals surface area contributed by atoms with Crippen molar-refractivity contribution in [2.75, 3.05) is 13.6 Å². The van der Waals surface area contributed by atoms with Crippen LogP contribution in [0.25, 0.3) is 0 Å². The third-order valence-electron chi connectivity index (χ3n) is 2.23. The van der Waals surface area contributed by atoms with E-state index in [2.05, 4.69) is 5.32 Å². The van der Waals surface area contributed by atoms with Crippen LogP contribution in [0.4, 0.5) is 8.78 Å². The molecule has 1 amide bonds. The van der Waals surface area contributed by atoms with Crippen LogP contribution in [-0.4, -0.2) is 39.0 Å². The van der Waals surface area contributed by atoms with Gasteiger partial charge in [-0.15, -0.1) is 0 Å². The van der Waals surface area contributed by atoms with E-state index in [-0.39, 0.29) is 0 Å². The molecule has 0 aliphatic heterocycles. The number of aromatic carboxylic acids is 1. The number of carboxylic acids is 1. The molecule has 10 heteroatoms. The number of benzene rings is 1. The highest BCUT2D eigenvalue weighted by Gasteiger charge is 2.25. The highest BCUT2D eigenvalue weighted by Crippen LogP contribution is 2.19. The fourth-order valence-electron chi connectivity index (χ4n) is 1.21. The van der Waals surface area contributed by atoms with Crippen molar-refractivity contribution < 1.29 is 31.9 Å². The maximum atomic E-state index is 13.5. The van der Waals surface area contributed by atoms with Gasteiger partial charge in [-0.25, -0.2) is 26.7 Å². The van der Waals surface area contributed by atoms with E-state index in [0.717, 1.165) is 0 Å². The van der Waals surface area contributed by atoms with Crippen LogP contribution in [0.15, 0.2) is 17.0 Å². The van der Waals surface area contributed by atoms with Crippen molar-refractivity contribution in [3.8, 4) is 0 Å². The summed E-state index contributed by atoms with van der Waals surface area (Å²) < 4.78 is 51.8. The maximum absolute atomic E-state index is 13.5. The van der Waals surface area contributed by atoms with E-state index in [1.807, 2.05) is 0 Å². The molecule has 0 radical (unpaired) electrons.